The van der Waals surface area contributed by atoms with E-state index in [0.29, 0.717) is 37.2 Å². The van der Waals surface area contributed by atoms with Gasteiger partial charge < -0.3 is 24.8 Å². The van der Waals surface area contributed by atoms with Crippen molar-refractivity contribution in [2.24, 2.45) is 4.99 Å². The number of nitrogens with zero attached hydrogens (tertiary/aromatic N) is 1. The second kappa shape index (κ2) is 12.1. The number of benzene rings is 2. The molecule has 0 amide bonds. The zero-order valence-electron chi connectivity index (χ0n) is 18.2. The molecule has 1 heterocycles. The molecule has 1 saturated heterocycles. The Labute approximate surface area is 200 Å². The Bertz CT molecular complexity index is 873. The van der Waals surface area contributed by atoms with E-state index in [1.807, 2.05) is 31.2 Å². The molecule has 0 aromatic heterocycles. The van der Waals surface area contributed by atoms with Crippen molar-refractivity contribution in [3.8, 4) is 11.5 Å². The lowest BCUT2D eigenvalue weighted by Gasteiger charge is -2.36. The highest BCUT2D eigenvalue weighted by Crippen LogP contribution is 2.36. The number of rotatable bonds is 7. The Morgan fingerprint density at radius 1 is 1.10 bits per heavy atom. The molecule has 2 aromatic rings. The summed E-state index contributed by atoms with van der Waals surface area (Å²) in [6.45, 7) is 4.55. The van der Waals surface area contributed by atoms with E-state index in [1.165, 1.54) is 6.07 Å². The van der Waals surface area contributed by atoms with Crippen LogP contribution >= 0.6 is 24.0 Å². The van der Waals surface area contributed by atoms with E-state index in [4.69, 9.17) is 19.2 Å². The van der Waals surface area contributed by atoms with Gasteiger partial charge in [-0.15, -0.1) is 24.0 Å². The van der Waals surface area contributed by atoms with Gasteiger partial charge in [-0.05, 0) is 49.6 Å². The van der Waals surface area contributed by atoms with E-state index in [2.05, 4.69) is 10.6 Å². The Balaban J connectivity index is 0.00000341. The summed E-state index contributed by atoms with van der Waals surface area (Å²) in [5, 5.41) is 6.60. The van der Waals surface area contributed by atoms with Crippen molar-refractivity contribution in [2.45, 2.75) is 25.2 Å². The predicted molar refractivity (Wildman–Crippen MR) is 133 cm³/mol. The Hall–Kier alpha value is -2.07. The van der Waals surface area contributed by atoms with Crippen LogP contribution in [0.3, 0.4) is 0 Å². The third-order valence-corrected chi connectivity index (χ3v) is 5.42. The van der Waals surface area contributed by atoms with Gasteiger partial charge in [0.05, 0.1) is 20.8 Å². The Kier molecular flexibility index (Phi) is 9.83. The highest BCUT2D eigenvalue weighted by Gasteiger charge is 2.34. The highest BCUT2D eigenvalue weighted by atomic mass is 127. The molecule has 0 saturated carbocycles. The number of guanidine groups is 1. The molecule has 0 atom stereocenters. The van der Waals surface area contributed by atoms with Crippen LogP contribution in [0, 0.1) is 5.82 Å². The van der Waals surface area contributed by atoms with E-state index in [1.54, 1.807) is 26.4 Å². The predicted octanol–water partition coefficient (Wildman–Crippen LogP) is 4.59. The highest BCUT2D eigenvalue weighted by molar-refractivity contribution is 14.0. The van der Waals surface area contributed by atoms with Gasteiger partial charge in [-0.25, -0.2) is 4.39 Å². The Morgan fingerprint density at radius 2 is 1.84 bits per heavy atom. The summed E-state index contributed by atoms with van der Waals surface area (Å²) in [4.78, 5) is 4.85. The van der Waals surface area contributed by atoms with Crippen molar-refractivity contribution >= 4 is 35.6 Å². The summed E-state index contributed by atoms with van der Waals surface area (Å²) in [6.07, 6.45) is 1.60. The summed E-state index contributed by atoms with van der Waals surface area (Å²) in [5.41, 5.74) is 1.55. The van der Waals surface area contributed by atoms with Gasteiger partial charge in [-0.3, -0.25) is 4.99 Å². The van der Waals surface area contributed by atoms with Gasteiger partial charge in [0, 0.05) is 36.9 Å². The van der Waals surface area contributed by atoms with Gasteiger partial charge in [0.2, 0.25) is 0 Å². The molecule has 170 valence electrons. The van der Waals surface area contributed by atoms with Crippen molar-refractivity contribution < 1.29 is 18.6 Å². The second-order valence-corrected chi connectivity index (χ2v) is 7.29. The summed E-state index contributed by atoms with van der Waals surface area (Å²) in [7, 11) is 3.21. The van der Waals surface area contributed by atoms with Crippen molar-refractivity contribution in [1.29, 1.82) is 0 Å². The van der Waals surface area contributed by atoms with E-state index in [0.717, 1.165) is 30.6 Å². The fourth-order valence-electron chi connectivity index (χ4n) is 3.71. The van der Waals surface area contributed by atoms with Gasteiger partial charge in [-0.2, -0.15) is 0 Å². The van der Waals surface area contributed by atoms with Crippen molar-refractivity contribution in [3.05, 3.63) is 53.8 Å². The fraction of sp³-hybridized carbons (Fsp3) is 0.435. The van der Waals surface area contributed by atoms with Crippen molar-refractivity contribution in [2.75, 3.05) is 45.8 Å². The molecule has 0 spiro atoms. The van der Waals surface area contributed by atoms with Crippen LogP contribution in [0.1, 0.15) is 25.3 Å². The lowest BCUT2D eigenvalue weighted by Crippen LogP contribution is -2.39. The Morgan fingerprint density at radius 3 is 2.48 bits per heavy atom. The first-order valence-electron chi connectivity index (χ1n) is 10.2. The van der Waals surface area contributed by atoms with Crippen LogP contribution in [0.5, 0.6) is 11.5 Å². The molecule has 1 aliphatic rings. The zero-order chi connectivity index (χ0) is 21.4. The minimum atomic E-state index is -0.250. The van der Waals surface area contributed by atoms with E-state index in [9.17, 15) is 4.39 Å². The largest absolute Gasteiger partial charge is 0.493 e. The normalized spacial score (nSPS) is 15.5. The quantitative estimate of drug-likeness (QED) is 0.304. The van der Waals surface area contributed by atoms with Gasteiger partial charge >= 0.3 is 0 Å². The van der Waals surface area contributed by atoms with Gasteiger partial charge in [0.15, 0.2) is 17.5 Å². The molecule has 1 aliphatic heterocycles. The summed E-state index contributed by atoms with van der Waals surface area (Å²) < 4.78 is 30.2. The first kappa shape index (κ1) is 25.2. The molecule has 0 radical (unpaired) electrons. The van der Waals surface area contributed by atoms with Crippen LogP contribution in [0.15, 0.2) is 47.5 Å². The van der Waals surface area contributed by atoms with E-state index >= 15 is 0 Å². The molecule has 6 nitrogen and oxygen atoms in total. The summed E-state index contributed by atoms with van der Waals surface area (Å²) in [5.74, 6) is 1.74. The smallest absolute Gasteiger partial charge is 0.195 e. The third kappa shape index (κ3) is 6.46. The average molecular weight is 543 g/mol. The van der Waals surface area contributed by atoms with E-state index in [-0.39, 0.29) is 35.2 Å². The maximum absolute atomic E-state index is 13.9. The molecule has 1 fully saturated rings. The van der Waals surface area contributed by atoms with Crippen LogP contribution in [-0.4, -0.2) is 46.5 Å². The molecule has 3 rings (SSSR count). The molecule has 2 N–H and O–H groups in total. The third-order valence-electron chi connectivity index (χ3n) is 5.42. The number of hydrogen-bond acceptors (Lipinski definition) is 4. The van der Waals surface area contributed by atoms with Crippen LogP contribution in [0.2, 0.25) is 0 Å². The number of nitrogens with one attached hydrogen (secondary N) is 2. The molecular weight excluding hydrogens is 512 g/mol. The average Bonchev–Trinajstić information content (AvgIpc) is 2.78. The van der Waals surface area contributed by atoms with Gasteiger partial charge in [-0.1, -0.05) is 12.1 Å². The first-order valence-corrected chi connectivity index (χ1v) is 10.2. The number of hydrogen-bond donors (Lipinski definition) is 2. The molecule has 0 bridgehead atoms. The number of halogens is 2. The van der Waals surface area contributed by atoms with Crippen LogP contribution < -0.4 is 20.1 Å². The van der Waals surface area contributed by atoms with E-state index < -0.39 is 0 Å². The minimum absolute atomic E-state index is 0. The van der Waals surface area contributed by atoms with Gasteiger partial charge in [0.25, 0.3) is 0 Å². The number of aliphatic imine (C=N–C) groups is 1. The molecule has 0 aliphatic carbocycles. The fourth-order valence-corrected chi connectivity index (χ4v) is 3.71. The van der Waals surface area contributed by atoms with Crippen LogP contribution in [0.25, 0.3) is 0 Å². The number of ether oxygens (including phenoxy) is 3. The first-order chi connectivity index (χ1) is 14.6. The number of anilines is 1. The standard InChI is InChI=1S/C23H30FN3O3.HI/c1-4-25-22(27-19-8-9-20(28-2)21(15-19)29-3)26-16-23(10-12-30-13-11-23)17-6-5-7-18(24)14-17;/h5-9,14-15H,4,10-13,16H2,1-3H3,(H2,25,26,27);1H. The molecule has 31 heavy (non-hydrogen) atoms. The summed E-state index contributed by atoms with van der Waals surface area (Å²) in [6, 6.07) is 12.5. The lowest BCUT2D eigenvalue weighted by atomic mass is 9.74. The summed E-state index contributed by atoms with van der Waals surface area (Å²) >= 11 is 0. The SMILES string of the molecule is CCNC(=NCC1(c2cccc(F)c2)CCOCC1)Nc1ccc(OC)c(OC)c1.I. The maximum Gasteiger partial charge on any atom is 0.195 e. The molecule has 0 unspecified atom stereocenters. The van der Waals surface area contributed by atoms with Gasteiger partial charge in [0.1, 0.15) is 5.82 Å². The van der Waals surface area contributed by atoms with Crippen LogP contribution in [0.4, 0.5) is 10.1 Å². The zero-order valence-corrected chi connectivity index (χ0v) is 20.6. The second-order valence-electron chi connectivity index (χ2n) is 7.29. The maximum atomic E-state index is 13.9. The monoisotopic (exact) mass is 543 g/mol. The lowest BCUT2D eigenvalue weighted by molar-refractivity contribution is 0.0530. The molecular formula is C23H31FIN3O3. The minimum Gasteiger partial charge on any atom is -0.493 e. The van der Waals surface area contributed by atoms with Crippen LogP contribution in [-0.2, 0) is 10.2 Å². The topological polar surface area (TPSA) is 64.1 Å². The number of methoxy groups -OCH3 is 2. The van der Waals surface area contributed by atoms with Crippen molar-refractivity contribution in [3.63, 3.8) is 0 Å². The molecule has 2 aromatic carbocycles. The van der Waals surface area contributed by atoms with Crippen molar-refractivity contribution in [1.82, 2.24) is 5.32 Å². The molecule has 8 heteroatoms.